The Labute approximate surface area is 115 Å². The average molecular weight is 270 g/mol. The third-order valence-electron chi connectivity index (χ3n) is 4.37. The minimum absolute atomic E-state index is 0.0601. The Kier molecular flexibility index (Phi) is 5.60. The molecule has 0 spiro atoms. The quantitative estimate of drug-likeness (QED) is 0.654. The Morgan fingerprint density at radius 1 is 1.47 bits per heavy atom. The van der Waals surface area contributed by atoms with Crippen molar-refractivity contribution in [2.24, 2.45) is 5.92 Å². The number of aliphatic hydroxyl groups excluding tert-OH is 1. The second-order valence-electron chi connectivity index (χ2n) is 5.78. The highest BCUT2D eigenvalue weighted by Gasteiger charge is 2.38. The Bertz CT molecular complexity index is 278. The van der Waals surface area contributed by atoms with Gasteiger partial charge in [-0.25, -0.2) is 0 Å². The first-order valence-corrected chi connectivity index (χ1v) is 7.40. The largest absolute Gasteiger partial charge is 0.396 e. The van der Waals surface area contributed by atoms with Gasteiger partial charge in [0.05, 0.1) is 18.7 Å². The van der Waals surface area contributed by atoms with Crippen molar-refractivity contribution in [2.75, 3.05) is 20.3 Å². The highest BCUT2D eigenvalue weighted by Crippen LogP contribution is 2.33. The SMILES string of the molecule is COCC(CCO)NC(=O)C1CC2CCCCC2N1. The van der Waals surface area contributed by atoms with Crippen LogP contribution in [0.15, 0.2) is 0 Å². The number of hydrogen-bond donors (Lipinski definition) is 3. The van der Waals surface area contributed by atoms with E-state index in [0.29, 0.717) is 25.0 Å². The Morgan fingerprint density at radius 2 is 2.26 bits per heavy atom. The van der Waals surface area contributed by atoms with Gasteiger partial charge in [0.1, 0.15) is 0 Å². The summed E-state index contributed by atoms with van der Waals surface area (Å²) < 4.78 is 5.07. The van der Waals surface area contributed by atoms with Crippen LogP contribution in [0.4, 0.5) is 0 Å². The number of carbonyl (C=O) groups excluding carboxylic acids is 1. The first-order chi connectivity index (χ1) is 9.24. The molecule has 2 fully saturated rings. The summed E-state index contributed by atoms with van der Waals surface area (Å²) in [7, 11) is 1.61. The number of nitrogens with one attached hydrogen (secondary N) is 2. The number of ether oxygens (including phenoxy) is 1. The molecule has 4 unspecified atom stereocenters. The molecule has 1 aliphatic carbocycles. The van der Waals surface area contributed by atoms with Gasteiger partial charge in [0.25, 0.3) is 0 Å². The molecule has 5 heteroatoms. The van der Waals surface area contributed by atoms with Gasteiger partial charge < -0.3 is 20.5 Å². The highest BCUT2D eigenvalue weighted by atomic mass is 16.5. The zero-order chi connectivity index (χ0) is 13.7. The van der Waals surface area contributed by atoms with E-state index in [4.69, 9.17) is 9.84 Å². The van der Waals surface area contributed by atoms with E-state index >= 15 is 0 Å². The van der Waals surface area contributed by atoms with E-state index in [0.717, 1.165) is 6.42 Å². The number of rotatable bonds is 6. The summed E-state index contributed by atoms with van der Waals surface area (Å²) in [6.07, 6.45) is 6.52. The van der Waals surface area contributed by atoms with Gasteiger partial charge in [0.15, 0.2) is 0 Å². The first-order valence-electron chi connectivity index (χ1n) is 7.40. The topological polar surface area (TPSA) is 70.6 Å². The van der Waals surface area contributed by atoms with E-state index < -0.39 is 0 Å². The normalized spacial score (nSPS) is 31.8. The molecule has 1 heterocycles. The van der Waals surface area contributed by atoms with Crippen molar-refractivity contribution in [3.63, 3.8) is 0 Å². The predicted molar refractivity (Wildman–Crippen MR) is 72.8 cm³/mol. The van der Waals surface area contributed by atoms with Gasteiger partial charge in [-0.3, -0.25) is 4.79 Å². The summed E-state index contributed by atoms with van der Waals surface area (Å²) in [5.41, 5.74) is 0. The zero-order valence-electron chi connectivity index (χ0n) is 11.7. The maximum Gasteiger partial charge on any atom is 0.237 e. The molecule has 1 saturated carbocycles. The summed E-state index contributed by atoms with van der Waals surface area (Å²) >= 11 is 0. The van der Waals surface area contributed by atoms with Crippen molar-refractivity contribution in [3.05, 3.63) is 0 Å². The van der Waals surface area contributed by atoms with Gasteiger partial charge in [-0.2, -0.15) is 0 Å². The molecule has 0 aromatic rings. The van der Waals surface area contributed by atoms with Crippen LogP contribution in [0.5, 0.6) is 0 Å². The minimum Gasteiger partial charge on any atom is -0.396 e. The molecule has 5 nitrogen and oxygen atoms in total. The molecule has 110 valence electrons. The fourth-order valence-electron chi connectivity index (χ4n) is 3.38. The van der Waals surface area contributed by atoms with Crippen molar-refractivity contribution >= 4 is 5.91 Å². The van der Waals surface area contributed by atoms with E-state index in [2.05, 4.69) is 10.6 Å². The maximum atomic E-state index is 12.2. The van der Waals surface area contributed by atoms with Crippen LogP contribution in [0.1, 0.15) is 38.5 Å². The minimum atomic E-state index is -0.0908. The number of fused-ring (bicyclic) bond motifs is 1. The number of carbonyl (C=O) groups is 1. The van der Waals surface area contributed by atoms with E-state index in [1.807, 2.05) is 0 Å². The van der Waals surface area contributed by atoms with E-state index in [9.17, 15) is 4.79 Å². The third kappa shape index (κ3) is 3.91. The molecule has 2 rings (SSSR count). The lowest BCUT2D eigenvalue weighted by atomic mass is 9.85. The van der Waals surface area contributed by atoms with Crippen LogP contribution in [0.3, 0.4) is 0 Å². The molecule has 1 aliphatic heterocycles. The summed E-state index contributed by atoms with van der Waals surface area (Å²) in [4.78, 5) is 12.2. The van der Waals surface area contributed by atoms with E-state index in [1.165, 1.54) is 25.7 Å². The van der Waals surface area contributed by atoms with E-state index in [-0.39, 0.29) is 24.6 Å². The Hall–Kier alpha value is -0.650. The van der Waals surface area contributed by atoms with E-state index in [1.54, 1.807) is 7.11 Å². The van der Waals surface area contributed by atoms with Gasteiger partial charge in [-0.1, -0.05) is 12.8 Å². The number of methoxy groups -OCH3 is 1. The Balaban J connectivity index is 1.82. The summed E-state index contributed by atoms with van der Waals surface area (Å²) in [5.74, 6) is 0.730. The van der Waals surface area contributed by atoms with Crippen molar-refractivity contribution in [3.8, 4) is 0 Å². The summed E-state index contributed by atoms with van der Waals surface area (Å²) in [6.45, 7) is 0.517. The lowest BCUT2D eigenvalue weighted by molar-refractivity contribution is -0.124. The smallest absolute Gasteiger partial charge is 0.237 e. The van der Waals surface area contributed by atoms with Crippen LogP contribution in [-0.4, -0.2) is 49.5 Å². The van der Waals surface area contributed by atoms with Crippen LogP contribution in [0, 0.1) is 5.92 Å². The second kappa shape index (κ2) is 7.22. The van der Waals surface area contributed by atoms with Crippen LogP contribution >= 0.6 is 0 Å². The van der Waals surface area contributed by atoms with Gasteiger partial charge in [0.2, 0.25) is 5.91 Å². The molecular formula is C14H26N2O3. The monoisotopic (exact) mass is 270 g/mol. The van der Waals surface area contributed by atoms with Crippen molar-refractivity contribution in [1.82, 2.24) is 10.6 Å². The summed E-state index contributed by atoms with van der Waals surface area (Å²) in [5, 5.41) is 15.4. The molecule has 2 aliphatic rings. The van der Waals surface area contributed by atoms with Gasteiger partial charge in [-0.05, 0) is 31.6 Å². The fraction of sp³-hybridized carbons (Fsp3) is 0.929. The molecule has 1 amide bonds. The predicted octanol–water partition coefficient (Wildman–Crippen LogP) is 0.421. The molecule has 19 heavy (non-hydrogen) atoms. The van der Waals surface area contributed by atoms with Gasteiger partial charge in [0, 0.05) is 19.8 Å². The van der Waals surface area contributed by atoms with Crippen LogP contribution < -0.4 is 10.6 Å². The Morgan fingerprint density at radius 3 is 2.95 bits per heavy atom. The van der Waals surface area contributed by atoms with Gasteiger partial charge in [-0.15, -0.1) is 0 Å². The number of amides is 1. The first kappa shape index (κ1) is 14.8. The van der Waals surface area contributed by atoms with Crippen molar-refractivity contribution < 1.29 is 14.6 Å². The summed E-state index contributed by atoms with van der Waals surface area (Å²) in [6, 6.07) is 0.376. The van der Waals surface area contributed by atoms with Crippen LogP contribution in [0.2, 0.25) is 0 Å². The molecule has 4 atom stereocenters. The molecule has 1 saturated heterocycles. The zero-order valence-corrected chi connectivity index (χ0v) is 11.7. The molecule has 3 N–H and O–H groups in total. The molecular weight excluding hydrogens is 244 g/mol. The lowest BCUT2D eigenvalue weighted by Crippen LogP contribution is -2.48. The molecule has 0 bridgehead atoms. The maximum absolute atomic E-state index is 12.2. The van der Waals surface area contributed by atoms with Crippen LogP contribution in [-0.2, 0) is 9.53 Å². The molecule has 0 aromatic heterocycles. The average Bonchev–Trinajstić information content (AvgIpc) is 2.83. The van der Waals surface area contributed by atoms with Crippen LogP contribution in [0.25, 0.3) is 0 Å². The molecule has 0 radical (unpaired) electrons. The second-order valence-corrected chi connectivity index (χ2v) is 5.78. The standard InChI is InChI=1S/C14H26N2O3/c1-19-9-11(6-7-17)15-14(18)13-8-10-4-2-3-5-12(10)16-13/h10-13,16-17H,2-9H2,1H3,(H,15,18). The lowest BCUT2D eigenvalue weighted by Gasteiger charge is -2.24. The van der Waals surface area contributed by atoms with Crippen molar-refractivity contribution in [2.45, 2.75) is 56.7 Å². The molecule has 0 aromatic carbocycles. The number of aliphatic hydroxyl groups is 1. The highest BCUT2D eigenvalue weighted by molar-refractivity contribution is 5.82. The number of hydrogen-bond acceptors (Lipinski definition) is 4. The fourth-order valence-corrected chi connectivity index (χ4v) is 3.38. The van der Waals surface area contributed by atoms with Gasteiger partial charge >= 0.3 is 0 Å². The van der Waals surface area contributed by atoms with Crippen molar-refractivity contribution in [1.29, 1.82) is 0 Å². The third-order valence-corrected chi connectivity index (χ3v) is 4.37.